The summed E-state index contributed by atoms with van der Waals surface area (Å²) in [6.07, 6.45) is 1.71. The molecule has 0 bridgehead atoms. The SMILES string of the molecule is Cc1cccc(C(=O)NC2CCN(c3ccccc3C(=O)N3CCN(c4ccc(C)c(C)c4)CC3)CC2)c1. The number of carbonyl (C=O) groups excluding carboxylic acids is 2. The molecule has 0 atom stereocenters. The molecule has 0 aromatic heterocycles. The third kappa shape index (κ3) is 5.69. The van der Waals surface area contributed by atoms with Gasteiger partial charge in [-0.15, -0.1) is 0 Å². The molecule has 3 aromatic rings. The second kappa shape index (κ2) is 11.3. The molecule has 38 heavy (non-hydrogen) atoms. The third-order valence-electron chi connectivity index (χ3n) is 8.01. The van der Waals surface area contributed by atoms with E-state index in [4.69, 9.17) is 0 Å². The van der Waals surface area contributed by atoms with Crippen LogP contribution >= 0.6 is 0 Å². The molecule has 0 spiro atoms. The van der Waals surface area contributed by atoms with Gasteiger partial charge in [0.05, 0.1) is 5.56 Å². The summed E-state index contributed by atoms with van der Waals surface area (Å²) >= 11 is 0. The second-order valence-electron chi connectivity index (χ2n) is 10.7. The van der Waals surface area contributed by atoms with Crippen molar-refractivity contribution in [2.24, 2.45) is 0 Å². The molecule has 2 aliphatic heterocycles. The first-order valence-electron chi connectivity index (χ1n) is 13.7. The van der Waals surface area contributed by atoms with Crippen molar-refractivity contribution in [1.29, 1.82) is 0 Å². The zero-order chi connectivity index (χ0) is 26.6. The number of para-hydroxylation sites is 1. The maximum absolute atomic E-state index is 13.6. The van der Waals surface area contributed by atoms with E-state index in [2.05, 4.69) is 53.2 Å². The largest absolute Gasteiger partial charge is 0.371 e. The number of amides is 2. The number of hydrogen-bond acceptors (Lipinski definition) is 4. The molecule has 2 heterocycles. The van der Waals surface area contributed by atoms with Crippen LogP contribution in [0.5, 0.6) is 0 Å². The number of anilines is 2. The number of hydrogen-bond donors (Lipinski definition) is 1. The van der Waals surface area contributed by atoms with Gasteiger partial charge in [0, 0.05) is 62.2 Å². The van der Waals surface area contributed by atoms with Gasteiger partial charge in [-0.05, 0) is 81.1 Å². The van der Waals surface area contributed by atoms with E-state index in [1.54, 1.807) is 0 Å². The number of piperazine rings is 1. The van der Waals surface area contributed by atoms with Crippen LogP contribution in [0.4, 0.5) is 11.4 Å². The van der Waals surface area contributed by atoms with Crippen molar-refractivity contribution in [2.75, 3.05) is 49.1 Å². The van der Waals surface area contributed by atoms with Crippen molar-refractivity contribution in [2.45, 2.75) is 39.7 Å². The maximum atomic E-state index is 13.6. The van der Waals surface area contributed by atoms with Gasteiger partial charge in [-0.2, -0.15) is 0 Å². The molecular formula is C32H38N4O2. The topological polar surface area (TPSA) is 55.9 Å². The summed E-state index contributed by atoms with van der Waals surface area (Å²) in [6.45, 7) is 11.0. The molecule has 2 saturated heterocycles. The summed E-state index contributed by atoms with van der Waals surface area (Å²) in [5.41, 5.74) is 7.40. The minimum Gasteiger partial charge on any atom is -0.371 e. The standard InChI is InChI=1S/C32H38N4O2/c1-23-7-6-8-26(21-23)31(37)33-27-13-15-35(16-14-27)30-10-5-4-9-29(30)32(38)36-19-17-34(18-20-36)28-12-11-24(2)25(3)22-28/h4-12,21-22,27H,13-20H2,1-3H3,(H,33,37). The lowest BCUT2D eigenvalue weighted by molar-refractivity contribution is 0.0747. The summed E-state index contributed by atoms with van der Waals surface area (Å²) in [5.74, 6) is 0.0953. The first-order valence-corrected chi connectivity index (χ1v) is 13.7. The molecule has 0 unspecified atom stereocenters. The first kappa shape index (κ1) is 25.8. The average Bonchev–Trinajstić information content (AvgIpc) is 2.95. The van der Waals surface area contributed by atoms with Crippen LogP contribution in [0, 0.1) is 20.8 Å². The van der Waals surface area contributed by atoms with Crippen LogP contribution in [-0.4, -0.2) is 62.0 Å². The van der Waals surface area contributed by atoms with Crippen LogP contribution in [0.25, 0.3) is 0 Å². The molecule has 0 saturated carbocycles. The maximum Gasteiger partial charge on any atom is 0.256 e. The highest BCUT2D eigenvalue weighted by Crippen LogP contribution is 2.27. The Bertz CT molecular complexity index is 1300. The zero-order valence-corrected chi connectivity index (χ0v) is 22.7. The van der Waals surface area contributed by atoms with E-state index >= 15 is 0 Å². The van der Waals surface area contributed by atoms with Gasteiger partial charge in [-0.25, -0.2) is 0 Å². The molecule has 5 rings (SSSR count). The number of aryl methyl sites for hydroxylation is 3. The highest BCUT2D eigenvalue weighted by Gasteiger charge is 2.28. The Morgan fingerprint density at radius 1 is 0.737 bits per heavy atom. The predicted molar refractivity (Wildman–Crippen MR) is 154 cm³/mol. The van der Waals surface area contributed by atoms with Crippen molar-refractivity contribution >= 4 is 23.2 Å². The Balaban J connectivity index is 1.19. The van der Waals surface area contributed by atoms with Gasteiger partial charge in [-0.3, -0.25) is 9.59 Å². The molecule has 1 N–H and O–H groups in total. The summed E-state index contributed by atoms with van der Waals surface area (Å²) in [4.78, 5) is 33.0. The van der Waals surface area contributed by atoms with Crippen molar-refractivity contribution in [3.05, 3.63) is 94.5 Å². The lowest BCUT2D eigenvalue weighted by atomic mass is 10.0. The third-order valence-corrected chi connectivity index (χ3v) is 8.01. The van der Waals surface area contributed by atoms with Crippen molar-refractivity contribution in [1.82, 2.24) is 10.2 Å². The van der Waals surface area contributed by atoms with Gasteiger partial charge in [0.2, 0.25) is 0 Å². The Morgan fingerprint density at radius 3 is 2.18 bits per heavy atom. The van der Waals surface area contributed by atoms with Gasteiger partial charge in [0.25, 0.3) is 11.8 Å². The lowest BCUT2D eigenvalue weighted by Crippen LogP contribution is -2.49. The summed E-state index contributed by atoms with van der Waals surface area (Å²) in [6, 6.07) is 22.4. The van der Waals surface area contributed by atoms with E-state index in [-0.39, 0.29) is 17.9 Å². The van der Waals surface area contributed by atoms with Gasteiger partial charge in [0.15, 0.2) is 0 Å². The van der Waals surface area contributed by atoms with E-state index in [1.165, 1.54) is 16.8 Å². The second-order valence-corrected chi connectivity index (χ2v) is 10.7. The monoisotopic (exact) mass is 510 g/mol. The summed E-state index contributed by atoms with van der Waals surface area (Å²) in [7, 11) is 0. The minimum atomic E-state index is -0.0114. The highest BCUT2D eigenvalue weighted by molar-refractivity contribution is 6.00. The van der Waals surface area contributed by atoms with Crippen LogP contribution in [0.1, 0.15) is 50.2 Å². The highest BCUT2D eigenvalue weighted by atomic mass is 16.2. The summed E-state index contributed by atoms with van der Waals surface area (Å²) in [5, 5.41) is 3.20. The van der Waals surface area contributed by atoms with Gasteiger partial charge < -0.3 is 20.0 Å². The molecule has 2 aliphatic rings. The molecule has 198 valence electrons. The van der Waals surface area contributed by atoms with Crippen molar-refractivity contribution < 1.29 is 9.59 Å². The quantitative estimate of drug-likeness (QED) is 0.527. The molecule has 3 aromatic carbocycles. The summed E-state index contributed by atoms with van der Waals surface area (Å²) < 4.78 is 0. The van der Waals surface area contributed by atoms with Crippen LogP contribution in [0.2, 0.25) is 0 Å². The number of nitrogens with one attached hydrogen (secondary N) is 1. The normalized spacial score (nSPS) is 16.4. The van der Waals surface area contributed by atoms with E-state index in [1.807, 2.05) is 54.3 Å². The Labute approximate surface area is 226 Å². The number of piperidine rings is 1. The molecule has 2 amide bonds. The fourth-order valence-corrected chi connectivity index (χ4v) is 5.51. The smallest absolute Gasteiger partial charge is 0.256 e. The number of nitrogens with zero attached hydrogens (tertiary/aromatic N) is 3. The number of carbonyl (C=O) groups is 2. The van der Waals surface area contributed by atoms with Gasteiger partial charge in [-0.1, -0.05) is 35.9 Å². The molecule has 2 fully saturated rings. The Morgan fingerprint density at radius 2 is 1.47 bits per heavy atom. The van der Waals surface area contributed by atoms with Crippen molar-refractivity contribution in [3.63, 3.8) is 0 Å². The Kier molecular flexibility index (Phi) is 7.68. The molecule has 6 heteroatoms. The molecular weight excluding hydrogens is 472 g/mol. The van der Waals surface area contributed by atoms with Crippen LogP contribution in [0.3, 0.4) is 0 Å². The first-order chi connectivity index (χ1) is 18.4. The zero-order valence-electron chi connectivity index (χ0n) is 22.7. The molecule has 0 aliphatic carbocycles. The average molecular weight is 511 g/mol. The number of rotatable bonds is 5. The molecule has 6 nitrogen and oxygen atoms in total. The van der Waals surface area contributed by atoms with Crippen LogP contribution in [-0.2, 0) is 0 Å². The molecule has 0 radical (unpaired) electrons. The van der Waals surface area contributed by atoms with E-state index in [0.717, 1.165) is 55.8 Å². The number of benzene rings is 3. The van der Waals surface area contributed by atoms with E-state index in [0.29, 0.717) is 18.7 Å². The van der Waals surface area contributed by atoms with Crippen molar-refractivity contribution in [3.8, 4) is 0 Å². The predicted octanol–water partition coefficient (Wildman–Crippen LogP) is 4.97. The van der Waals surface area contributed by atoms with Crippen LogP contribution in [0.15, 0.2) is 66.7 Å². The Hall–Kier alpha value is -3.80. The lowest BCUT2D eigenvalue weighted by Gasteiger charge is -2.38. The van der Waals surface area contributed by atoms with E-state index < -0.39 is 0 Å². The van der Waals surface area contributed by atoms with E-state index in [9.17, 15) is 9.59 Å². The van der Waals surface area contributed by atoms with Gasteiger partial charge in [0.1, 0.15) is 0 Å². The van der Waals surface area contributed by atoms with Crippen LogP contribution < -0.4 is 15.1 Å². The minimum absolute atomic E-state index is 0.0114. The van der Waals surface area contributed by atoms with Gasteiger partial charge >= 0.3 is 0 Å². The fourth-order valence-electron chi connectivity index (χ4n) is 5.51. The fraction of sp³-hybridized carbons (Fsp3) is 0.375.